The first-order chi connectivity index (χ1) is 11.6. The molecule has 1 aliphatic heterocycles. The fourth-order valence-electron chi connectivity index (χ4n) is 4.01. The van der Waals surface area contributed by atoms with Crippen molar-refractivity contribution in [2.75, 3.05) is 13.1 Å². The van der Waals surface area contributed by atoms with Crippen molar-refractivity contribution in [3.63, 3.8) is 0 Å². The molecule has 5 nitrogen and oxygen atoms in total. The molecule has 1 saturated carbocycles. The quantitative estimate of drug-likeness (QED) is 0.872. The first kappa shape index (κ1) is 15.4. The van der Waals surface area contributed by atoms with Gasteiger partial charge in [0.2, 0.25) is 5.91 Å². The number of aromatic nitrogens is 3. The summed E-state index contributed by atoms with van der Waals surface area (Å²) in [6.45, 7) is 5.55. The summed E-state index contributed by atoms with van der Waals surface area (Å²) >= 11 is 0. The van der Waals surface area contributed by atoms with Crippen molar-refractivity contribution in [1.29, 1.82) is 0 Å². The lowest BCUT2D eigenvalue weighted by atomic mass is 10.0. The molecule has 1 amide bonds. The van der Waals surface area contributed by atoms with Gasteiger partial charge < -0.3 is 4.90 Å². The number of amides is 1. The highest BCUT2D eigenvalue weighted by Gasteiger charge is 2.46. The molecule has 0 radical (unpaired) electrons. The number of benzene rings is 1. The maximum atomic E-state index is 12.9. The van der Waals surface area contributed by atoms with Crippen molar-refractivity contribution >= 4 is 5.91 Å². The van der Waals surface area contributed by atoms with Gasteiger partial charge in [-0.2, -0.15) is 5.10 Å². The van der Waals surface area contributed by atoms with E-state index < -0.39 is 0 Å². The molecule has 0 unspecified atom stereocenters. The number of nitrogens with zero attached hydrogens (tertiary/aromatic N) is 4. The van der Waals surface area contributed by atoms with E-state index in [4.69, 9.17) is 0 Å². The first-order valence-corrected chi connectivity index (χ1v) is 8.87. The largest absolute Gasteiger partial charge is 0.340 e. The lowest BCUT2D eigenvalue weighted by Crippen LogP contribution is -2.42. The third-order valence-electron chi connectivity index (χ3n) is 5.30. The van der Waals surface area contributed by atoms with Crippen LogP contribution in [0.15, 0.2) is 30.3 Å². The van der Waals surface area contributed by atoms with Crippen molar-refractivity contribution in [2.24, 2.45) is 5.92 Å². The van der Waals surface area contributed by atoms with Crippen molar-refractivity contribution in [1.82, 2.24) is 19.7 Å². The standard InChI is InChI=1S/C19H24N4O/c1-13-20-14(2)23(21-13)16-9-6-10-22(12-16)19(24)18-11-17(18)15-7-4-3-5-8-15/h3-5,7-8,16-18H,6,9-12H2,1-2H3/t16-,17-,18+/m1/s1. The second kappa shape index (κ2) is 6.04. The molecule has 24 heavy (non-hydrogen) atoms. The van der Waals surface area contributed by atoms with E-state index in [0.29, 0.717) is 11.8 Å². The van der Waals surface area contributed by atoms with E-state index in [1.807, 2.05) is 24.6 Å². The first-order valence-electron chi connectivity index (χ1n) is 8.87. The van der Waals surface area contributed by atoms with Gasteiger partial charge in [-0.15, -0.1) is 0 Å². The molecule has 2 aliphatic rings. The average Bonchev–Trinajstić information content (AvgIpc) is 3.33. The fourth-order valence-corrected chi connectivity index (χ4v) is 4.01. The molecular formula is C19H24N4O. The van der Waals surface area contributed by atoms with Gasteiger partial charge in [0.15, 0.2) is 0 Å². The molecule has 1 aromatic carbocycles. The number of aryl methyl sites for hydroxylation is 2. The maximum absolute atomic E-state index is 12.9. The monoisotopic (exact) mass is 324 g/mol. The number of piperidine rings is 1. The number of hydrogen-bond donors (Lipinski definition) is 0. The van der Waals surface area contributed by atoms with E-state index in [0.717, 1.165) is 44.0 Å². The predicted octanol–water partition coefficient (Wildman–Crippen LogP) is 2.86. The van der Waals surface area contributed by atoms with Gasteiger partial charge >= 0.3 is 0 Å². The van der Waals surface area contributed by atoms with Gasteiger partial charge in [0, 0.05) is 19.0 Å². The van der Waals surface area contributed by atoms with Crippen LogP contribution in [0.2, 0.25) is 0 Å². The Hall–Kier alpha value is -2.17. The van der Waals surface area contributed by atoms with E-state index in [1.165, 1.54) is 5.56 Å². The average molecular weight is 324 g/mol. The fraction of sp³-hybridized carbons (Fsp3) is 0.526. The molecular weight excluding hydrogens is 300 g/mol. The molecule has 2 aromatic rings. The van der Waals surface area contributed by atoms with Gasteiger partial charge in [-0.25, -0.2) is 9.67 Å². The van der Waals surface area contributed by atoms with E-state index in [-0.39, 0.29) is 12.0 Å². The number of rotatable bonds is 3. The Morgan fingerprint density at radius 2 is 2.00 bits per heavy atom. The number of hydrogen-bond acceptors (Lipinski definition) is 3. The zero-order valence-electron chi connectivity index (χ0n) is 14.4. The highest BCUT2D eigenvalue weighted by atomic mass is 16.2. The Bertz CT molecular complexity index is 739. The summed E-state index contributed by atoms with van der Waals surface area (Å²) in [5, 5.41) is 4.52. The highest BCUT2D eigenvalue weighted by Crippen LogP contribution is 2.48. The summed E-state index contributed by atoms with van der Waals surface area (Å²) in [5.41, 5.74) is 1.30. The molecule has 1 aliphatic carbocycles. The third-order valence-corrected chi connectivity index (χ3v) is 5.30. The minimum atomic E-state index is 0.171. The van der Waals surface area contributed by atoms with Crippen LogP contribution in [0.5, 0.6) is 0 Å². The molecule has 126 valence electrons. The Morgan fingerprint density at radius 3 is 2.71 bits per heavy atom. The molecule has 0 N–H and O–H groups in total. The molecule has 5 heteroatoms. The van der Waals surface area contributed by atoms with Crippen LogP contribution < -0.4 is 0 Å². The summed E-state index contributed by atoms with van der Waals surface area (Å²) in [6.07, 6.45) is 3.10. The molecule has 2 fully saturated rings. The highest BCUT2D eigenvalue weighted by molar-refractivity contribution is 5.83. The predicted molar refractivity (Wildman–Crippen MR) is 91.6 cm³/mol. The van der Waals surface area contributed by atoms with E-state index in [2.05, 4.69) is 39.2 Å². The normalized spacial score (nSPS) is 26.4. The zero-order chi connectivity index (χ0) is 16.7. The van der Waals surface area contributed by atoms with Crippen LogP contribution in [0.1, 0.15) is 48.4 Å². The lowest BCUT2D eigenvalue weighted by molar-refractivity contribution is -0.134. The SMILES string of the molecule is Cc1nc(C)n([C@@H]2CCCN(C(=O)[C@H]3C[C@@H]3c3ccccc3)C2)n1. The summed E-state index contributed by atoms with van der Waals surface area (Å²) < 4.78 is 2.01. The van der Waals surface area contributed by atoms with Gasteiger partial charge in [-0.3, -0.25) is 4.79 Å². The second-order valence-electron chi connectivity index (χ2n) is 7.09. The molecule has 4 rings (SSSR count). The van der Waals surface area contributed by atoms with Crippen molar-refractivity contribution < 1.29 is 4.79 Å². The molecule has 1 saturated heterocycles. The van der Waals surface area contributed by atoms with Gasteiger partial charge in [0.05, 0.1) is 6.04 Å². The Kier molecular flexibility index (Phi) is 3.87. The lowest BCUT2D eigenvalue weighted by Gasteiger charge is -2.33. The molecule has 0 bridgehead atoms. The van der Waals surface area contributed by atoms with E-state index in [1.54, 1.807) is 0 Å². The van der Waals surface area contributed by atoms with Gasteiger partial charge in [0.25, 0.3) is 0 Å². The van der Waals surface area contributed by atoms with Crippen LogP contribution in [0.3, 0.4) is 0 Å². The smallest absolute Gasteiger partial charge is 0.226 e. The van der Waals surface area contributed by atoms with Crippen LogP contribution >= 0.6 is 0 Å². The summed E-state index contributed by atoms with van der Waals surface area (Å²) in [7, 11) is 0. The van der Waals surface area contributed by atoms with Crippen molar-refractivity contribution in [3.8, 4) is 0 Å². The maximum Gasteiger partial charge on any atom is 0.226 e. The Labute approximate surface area is 142 Å². The summed E-state index contributed by atoms with van der Waals surface area (Å²) in [6, 6.07) is 10.7. The molecule has 2 heterocycles. The topological polar surface area (TPSA) is 51.0 Å². The van der Waals surface area contributed by atoms with Crippen molar-refractivity contribution in [3.05, 3.63) is 47.5 Å². The summed E-state index contributed by atoms with van der Waals surface area (Å²) in [4.78, 5) is 19.3. The summed E-state index contributed by atoms with van der Waals surface area (Å²) in [5.74, 6) is 2.66. The van der Waals surface area contributed by atoms with E-state index >= 15 is 0 Å². The molecule has 1 aromatic heterocycles. The zero-order valence-corrected chi connectivity index (χ0v) is 14.4. The number of likely N-dealkylation sites (tertiary alicyclic amines) is 1. The second-order valence-corrected chi connectivity index (χ2v) is 7.09. The number of carbonyl (C=O) groups excluding carboxylic acids is 1. The molecule has 0 spiro atoms. The minimum absolute atomic E-state index is 0.171. The molecule has 3 atom stereocenters. The van der Waals surface area contributed by atoms with Crippen molar-refractivity contribution in [2.45, 2.75) is 45.1 Å². The minimum Gasteiger partial charge on any atom is -0.340 e. The van der Waals surface area contributed by atoms with Gasteiger partial charge in [-0.05, 0) is 44.6 Å². The Balaban J connectivity index is 1.43. The van der Waals surface area contributed by atoms with Crippen LogP contribution in [0.4, 0.5) is 0 Å². The Morgan fingerprint density at radius 1 is 1.21 bits per heavy atom. The number of carbonyl (C=O) groups is 1. The third kappa shape index (κ3) is 2.83. The van der Waals surface area contributed by atoms with E-state index in [9.17, 15) is 4.79 Å². The van der Waals surface area contributed by atoms with Crippen LogP contribution in [0.25, 0.3) is 0 Å². The van der Waals surface area contributed by atoms with Crippen LogP contribution in [-0.2, 0) is 4.79 Å². The van der Waals surface area contributed by atoms with Crippen LogP contribution in [-0.4, -0.2) is 38.7 Å². The van der Waals surface area contributed by atoms with Gasteiger partial charge in [-0.1, -0.05) is 30.3 Å². The van der Waals surface area contributed by atoms with Gasteiger partial charge in [0.1, 0.15) is 11.6 Å². The van der Waals surface area contributed by atoms with Crippen LogP contribution in [0, 0.1) is 19.8 Å².